The van der Waals surface area contributed by atoms with Gasteiger partial charge in [-0.1, -0.05) is 18.7 Å². The summed E-state index contributed by atoms with van der Waals surface area (Å²) in [6, 6.07) is 13.8. The molecule has 0 N–H and O–H groups in total. The minimum atomic E-state index is -0.450. The molecule has 31 heavy (non-hydrogen) atoms. The van der Waals surface area contributed by atoms with Gasteiger partial charge in [-0.2, -0.15) is 0 Å². The van der Waals surface area contributed by atoms with Crippen molar-refractivity contribution in [2.24, 2.45) is 0 Å². The minimum absolute atomic E-state index is 0.334. The Hall–Kier alpha value is -3.10. The molecule has 0 aromatic heterocycles. The molecule has 8 heteroatoms. The van der Waals surface area contributed by atoms with Crippen LogP contribution in [0.5, 0.6) is 11.5 Å². The zero-order valence-electron chi connectivity index (χ0n) is 17.3. The lowest BCUT2D eigenvalue weighted by Crippen LogP contribution is -2.40. The molecule has 0 unspecified atom stereocenters. The number of ether oxygens (including phenoxy) is 3. The summed E-state index contributed by atoms with van der Waals surface area (Å²) in [6.45, 7) is 5.50. The number of benzene rings is 2. The van der Waals surface area contributed by atoms with Crippen LogP contribution in [0.4, 0.5) is 0 Å². The van der Waals surface area contributed by atoms with Gasteiger partial charge in [0.25, 0.3) is 0 Å². The van der Waals surface area contributed by atoms with Gasteiger partial charge in [0.15, 0.2) is 0 Å². The molecule has 0 radical (unpaired) electrons. The Bertz CT molecular complexity index is 858. The summed E-state index contributed by atoms with van der Waals surface area (Å²) in [7, 11) is -0.367. The third-order valence-corrected chi connectivity index (χ3v) is 4.50. The van der Waals surface area contributed by atoms with E-state index in [0.29, 0.717) is 49.9 Å². The highest BCUT2D eigenvalue weighted by Crippen LogP contribution is 2.16. The Morgan fingerprint density at radius 2 is 1.58 bits per heavy atom. The molecular formula is C23H25BO7. The number of carbonyl (C=O) groups is 2. The molecule has 2 aromatic carbocycles. The molecule has 1 heterocycles. The first-order valence-corrected chi connectivity index (χ1v) is 10.2. The van der Waals surface area contributed by atoms with Gasteiger partial charge in [-0.3, -0.25) is 0 Å². The normalized spacial score (nSPS) is 13.4. The van der Waals surface area contributed by atoms with Gasteiger partial charge in [-0.05, 0) is 61.1 Å². The molecule has 3 rings (SSSR count). The predicted molar refractivity (Wildman–Crippen MR) is 116 cm³/mol. The molecule has 0 bridgehead atoms. The number of hydrogen-bond acceptors (Lipinski definition) is 7. The van der Waals surface area contributed by atoms with E-state index in [0.717, 1.165) is 24.4 Å². The van der Waals surface area contributed by atoms with Gasteiger partial charge >= 0.3 is 19.1 Å². The number of unbranched alkanes of at least 4 members (excludes halogenated alkanes) is 1. The second-order valence-electron chi connectivity index (χ2n) is 6.84. The summed E-state index contributed by atoms with van der Waals surface area (Å²) in [4.78, 5) is 23.3. The Morgan fingerprint density at radius 1 is 0.935 bits per heavy atom. The zero-order valence-corrected chi connectivity index (χ0v) is 17.3. The molecule has 1 fully saturated rings. The van der Waals surface area contributed by atoms with Crippen molar-refractivity contribution >= 4 is 24.5 Å². The van der Waals surface area contributed by atoms with Gasteiger partial charge < -0.3 is 23.5 Å². The maximum Gasteiger partial charge on any atom is 0.493 e. The lowest BCUT2D eigenvalue weighted by atomic mass is 9.78. The Labute approximate surface area is 182 Å². The Kier molecular flexibility index (Phi) is 8.69. The molecule has 1 saturated heterocycles. The van der Waals surface area contributed by atoms with Crippen LogP contribution in [0.25, 0.3) is 0 Å². The SMILES string of the molecule is C=CC(=O)OCCCCOc1ccc(C(=O)Oc2ccc(B3OCCCO3)cc2)cc1. The van der Waals surface area contributed by atoms with Crippen LogP contribution >= 0.6 is 0 Å². The molecule has 7 nitrogen and oxygen atoms in total. The summed E-state index contributed by atoms with van der Waals surface area (Å²) < 4.78 is 27.1. The highest BCUT2D eigenvalue weighted by Gasteiger charge is 2.24. The zero-order chi connectivity index (χ0) is 21.9. The summed E-state index contributed by atoms with van der Waals surface area (Å²) in [5, 5.41) is 0. The van der Waals surface area contributed by atoms with Gasteiger partial charge in [0.1, 0.15) is 11.5 Å². The van der Waals surface area contributed by atoms with E-state index < -0.39 is 11.9 Å². The van der Waals surface area contributed by atoms with Crippen molar-refractivity contribution in [3.8, 4) is 11.5 Å². The van der Waals surface area contributed by atoms with Gasteiger partial charge in [0.05, 0.1) is 18.8 Å². The van der Waals surface area contributed by atoms with E-state index in [2.05, 4.69) is 6.58 Å². The van der Waals surface area contributed by atoms with Crippen LogP contribution in [-0.2, 0) is 18.8 Å². The van der Waals surface area contributed by atoms with E-state index in [1.54, 1.807) is 36.4 Å². The summed E-state index contributed by atoms with van der Waals surface area (Å²) >= 11 is 0. The molecule has 2 aromatic rings. The maximum atomic E-state index is 12.4. The highest BCUT2D eigenvalue weighted by molar-refractivity contribution is 6.61. The standard InChI is InChI=1S/C23H25BO7/c1-2-22(25)28-15-4-3-14-27-20-10-6-18(7-11-20)23(26)31-21-12-8-19(9-13-21)24-29-16-5-17-30-24/h2,6-13H,1,3-5,14-17H2. The lowest BCUT2D eigenvalue weighted by Gasteiger charge is -2.19. The summed E-state index contributed by atoms with van der Waals surface area (Å²) in [6.07, 6.45) is 3.46. The van der Waals surface area contributed by atoms with Crippen molar-refractivity contribution in [3.63, 3.8) is 0 Å². The van der Waals surface area contributed by atoms with Crippen LogP contribution in [0, 0.1) is 0 Å². The number of esters is 2. The van der Waals surface area contributed by atoms with Crippen molar-refractivity contribution in [1.82, 2.24) is 0 Å². The lowest BCUT2D eigenvalue weighted by molar-refractivity contribution is -0.137. The first-order chi connectivity index (χ1) is 15.2. The number of rotatable bonds is 10. The van der Waals surface area contributed by atoms with Crippen LogP contribution in [0.15, 0.2) is 61.2 Å². The fourth-order valence-electron chi connectivity index (χ4n) is 2.85. The molecule has 0 saturated carbocycles. The van der Waals surface area contributed by atoms with Gasteiger partial charge in [0.2, 0.25) is 0 Å². The van der Waals surface area contributed by atoms with Crippen LogP contribution in [0.1, 0.15) is 29.6 Å². The first-order valence-electron chi connectivity index (χ1n) is 10.2. The minimum Gasteiger partial charge on any atom is -0.494 e. The van der Waals surface area contributed by atoms with Gasteiger partial charge in [-0.15, -0.1) is 0 Å². The van der Waals surface area contributed by atoms with Crippen LogP contribution in [0.2, 0.25) is 0 Å². The number of hydrogen-bond donors (Lipinski definition) is 0. The van der Waals surface area contributed by atoms with Crippen molar-refractivity contribution < 1.29 is 33.1 Å². The highest BCUT2D eigenvalue weighted by atomic mass is 16.6. The molecule has 1 aliphatic rings. The largest absolute Gasteiger partial charge is 0.494 e. The quantitative estimate of drug-likeness (QED) is 0.191. The molecule has 0 spiro atoms. The molecule has 1 aliphatic heterocycles. The van der Waals surface area contributed by atoms with Crippen molar-refractivity contribution in [2.75, 3.05) is 26.4 Å². The van der Waals surface area contributed by atoms with E-state index in [1.807, 2.05) is 12.1 Å². The second-order valence-corrected chi connectivity index (χ2v) is 6.84. The smallest absolute Gasteiger partial charge is 0.493 e. The van der Waals surface area contributed by atoms with E-state index in [-0.39, 0.29) is 7.12 Å². The van der Waals surface area contributed by atoms with E-state index in [1.165, 1.54) is 0 Å². The third-order valence-electron chi connectivity index (χ3n) is 4.50. The van der Waals surface area contributed by atoms with Crippen molar-refractivity contribution in [1.29, 1.82) is 0 Å². The second kappa shape index (κ2) is 11.9. The topological polar surface area (TPSA) is 80.3 Å². The molecule has 0 aliphatic carbocycles. The van der Waals surface area contributed by atoms with E-state index in [9.17, 15) is 9.59 Å². The van der Waals surface area contributed by atoms with Crippen LogP contribution in [0.3, 0.4) is 0 Å². The average Bonchev–Trinajstić information content (AvgIpc) is 2.82. The van der Waals surface area contributed by atoms with Crippen molar-refractivity contribution in [2.45, 2.75) is 19.3 Å². The predicted octanol–water partition coefficient (Wildman–Crippen LogP) is 2.93. The average molecular weight is 424 g/mol. The van der Waals surface area contributed by atoms with Crippen LogP contribution < -0.4 is 14.9 Å². The van der Waals surface area contributed by atoms with Gasteiger partial charge in [-0.25, -0.2) is 9.59 Å². The fraction of sp³-hybridized carbons (Fsp3) is 0.304. The van der Waals surface area contributed by atoms with E-state index in [4.69, 9.17) is 23.5 Å². The molecular weight excluding hydrogens is 399 g/mol. The third kappa shape index (κ3) is 7.27. The maximum absolute atomic E-state index is 12.4. The molecule has 0 amide bonds. The fourth-order valence-corrected chi connectivity index (χ4v) is 2.85. The Morgan fingerprint density at radius 3 is 2.26 bits per heavy atom. The van der Waals surface area contributed by atoms with Crippen LogP contribution in [-0.4, -0.2) is 45.5 Å². The monoisotopic (exact) mass is 424 g/mol. The first kappa shape index (κ1) is 22.6. The summed E-state index contributed by atoms with van der Waals surface area (Å²) in [5.41, 5.74) is 1.31. The van der Waals surface area contributed by atoms with Gasteiger partial charge in [0, 0.05) is 19.3 Å². The molecule has 162 valence electrons. The molecule has 0 atom stereocenters. The Balaban J connectivity index is 1.41. The number of carbonyl (C=O) groups excluding carboxylic acids is 2. The van der Waals surface area contributed by atoms with E-state index >= 15 is 0 Å². The summed E-state index contributed by atoms with van der Waals surface area (Å²) in [5.74, 6) is 0.221. The van der Waals surface area contributed by atoms with Crippen molar-refractivity contribution in [3.05, 3.63) is 66.7 Å².